The standard InChI is InChI=1S/C8H5BrF2O2/c9-5-3-6(10)8(11)7(4-5)13-2-1-12/h1,3-4H,2H2. The number of carbonyl (C=O) groups is 1. The lowest BCUT2D eigenvalue weighted by Crippen LogP contribution is -2.01. The van der Waals surface area contributed by atoms with E-state index in [0.717, 1.165) is 6.07 Å². The maximum atomic E-state index is 12.9. The van der Waals surface area contributed by atoms with Crippen LogP contribution in [-0.4, -0.2) is 12.9 Å². The Kier molecular flexibility index (Phi) is 3.36. The van der Waals surface area contributed by atoms with Gasteiger partial charge in [-0.3, -0.25) is 4.79 Å². The van der Waals surface area contributed by atoms with Gasteiger partial charge in [-0.05, 0) is 12.1 Å². The zero-order valence-corrected chi connectivity index (χ0v) is 7.98. The van der Waals surface area contributed by atoms with Gasteiger partial charge in [0.15, 0.2) is 17.9 Å². The van der Waals surface area contributed by atoms with Gasteiger partial charge in [-0.2, -0.15) is 4.39 Å². The summed E-state index contributed by atoms with van der Waals surface area (Å²) in [5.74, 6) is -2.39. The van der Waals surface area contributed by atoms with Crippen molar-refractivity contribution >= 4 is 22.2 Å². The molecule has 1 aromatic carbocycles. The number of carbonyl (C=O) groups excluding carboxylic acids is 1. The maximum Gasteiger partial charge on any atom is 0.200 e. The molecule has 0 bridgehead atoms. The quantitative estimate of drug-likeness (QED) is 0.608. The van der Waals surface area contributed by atoms with Crippen molar-refractivity contribution in [1.29, 1.82) is 0 Å². The van der Waals surface area contributed by atoms with Crippen LogP contribution in [0, 0.1) is 11.6 Å². The Morgan fingerprint density at radius 3 is 2.77 bits per heavy atom. The number of rotatable bonds is 3. The molecule has 0 heterocycles. The molecule has 0 saturated carbocycles. The Morgan fingerprint density at radius 2 is 2.15 bits per heavy atom. The second kappa shape index (κ2) is 4.32. The van der Waals surface area contributed by atoms with Crippen molar-refractivity contribution < 1.29 is 18.3 Å². The summed E-state index contributed by atoms with van der Waals surface area (Å²) in [5, 5.41) is 0. The number of hydrogen-bond donors (Lipinski definition) is 0. The van der Waals surface area contributed by atoms with E-state index in [1.807, 2.05) is 0 Å². The molecule has 0 aliphatic rings. The summed E-state index contributed by atoms with van der Waals surface area (Å²) in [5.41, 5.74) is 0. The van der Waals surface area contributed by atoms with Crippen LogP contribution in [0.4, 0.5) is 8.78 Å². The highest BCUT2D eigenvalue weighted by molar-refractivity contribution is 9.10. The van der Waals surface area contributed by atoms with Gasteiger partial charge in [0.1, 0.15) is 6.61 Å². The fourth-order valence-corrected chi connectivity index (χ4v) is 1.17. The van der Waals surface area contributed by atoms with Crippen molar-refractivity contribution in [3.8, 4) is 5.75 Å². The molecule has 70 valence electrons. The molecule has 2 nitrogen and oxygen atoms in total. The molecular formula is C8H5BrF2O2. The van der Waals surface area contributed by atoms with E-state index in [2.05, 4.69) is 20.7 Å². The number of hydrogen-bond acceptors (Lipinski definition) is 2. The number of aldehydes is 1. The van der Waals surface area contributed by atoms with Gasteiger partial charge in [-0.25, -0.2) is 4.39 Å². The van der Waals surface area contributed by atoms with E-state index in [4.69, 9.17) is 0 Å². The van der Waals surface area contributed by atoms with Crippen molar-refractivity contribution in [3.05, 3.63) is 28.2 Å². The molecular weight excluding hydrogens is 246 g/mol. The lowest BCUT2D eigenvalue weighted by Gasteiger charge is -2.04. The van der Waals surface area contributed by atoms with E-state index in [0.29, 0.717) is 10.8 Å². The van der Waals surface area contributed by atoms with E-state index in [9.17, 15) is 13.6 Å². The molecule has 13 heavy (non-hydrogen) atoms. The normalized spacial score (nSPS) is 9.77. The predicted octanol–water partition coefficient (Wildman–Crippen LogP) is 2.31. The fraction of sp³-hybridized carbons (Fsp3) is 0.125. The van der Waals surface area contributed by atoms with Crippen LogP contribution >= 0.6 is 15.9 Å². The van der Waals surface area contributed by atoms with E-state index >= 15 is 0 Å². The molecule has 0 aliphatic heterocycles. The molecule has 5 heteroatoms. The molecule has 0 unspecified atom stereocenters. The predicted molar refractivity (Wildman–Crippen MR) is 45.6 cm³/mol. The highest BCUT2D eigenvalue weighted by Crippen LogP contribution is 2.24. The molecule has 1 rings (SSSR count). The second-order valence-corrected chi connectivity index (χ2v) is 3.09. The fourth-order valence-electron chi connectivity index (χ4n) is 0.761. The first-order valence-electron chi connectivity index (χ1n) is 3.36. The third-order valence-electron chi connectivity index (χ3n) is 1.27. The van der Waals surface area contributed by atoms with E-state index < -0.39 is 11.6 Å². The monoisotopic (exact) mass is 250 g/mol. The van der Waals surface area contributed by atoms with E-state index in [1.54, 1.807) is 0 Å². The zero-order valence-electron chi connectivity index (χ0n) is 6.39. The molecule has 0 saturated heterocycles. The first kappa shape index (κ1) is 10.1. The Balaban J connectivity index is 2.98. The van der Waals surface area contributed by atoms with Gasteiger partial charge in [0.2, 0.25) is 5.82 Å². The van der Waals surface area contributed by atoms with Crippen LogP contribution in [0.1, 0.15) is 0 Å². The third-order valence-corrected chi connectivity index (χ3v) is 1.72. The van der Waals surface area contributed by atoms with Crippen LogP contribution in [0.2, 0.25) is 0 Å². The Hall–Kier alpha value is -0.970. The zero-order chi connectivity index (χ0) is 9.84. The van der Waals surface area contributed by atoms with Crippen molar-refractivity contribution in [2.75, 3.05) is 6.61 Å². The molecule has 0 aromatic heterocycles. The lowest BCUT2D eigenvalue weighted by molar-refractivity contribution is -0.109. The summed E-state index contributed by atoms with van der Waals surface area (Å²) >= 11 is 2.96. The molecule has 0 atom stereocenters. The topological polar surface area (TPSA) is 26.3 Å². The van der Waals surface area contributed by atoms with Crippen molar-refractivity contribution in [3.63, 3.8) is 0 Å². The van der Waals surface area contributed by atoms with Crippen molar-refractivity contribution in [2.45, 2.75) is 0 Å². The average Bonchev–Trinajstić information content (AvgIpc) is 2.09. The average molecular weight is 251 g/mol. The van der Waals surface area contributed by atoms with Gasteiger partial charge >= 0.3 is 0 Å². The summed E-state index contributed by atoms with van der Waals surface area (Å²) in [6.07, 6.45) is 0.457. The Morgan fingerprint density at radius 1 is 1.46 bits per heavy atom. The highest BCUT2D eigenvalue weighted by atomic mass is 79.9. The van der Waals surface area contributed by atoms with E-state index in [-0.39, 0.29) is 12.4 Å². The minimum atomic E-state index is -1.09. The van der Waals surface area contributed by atoms with Gasteiger partial charge < -0.3 is 4.74 Å². The Bertz CT molecular complexity index is 328. The van der Waals surface area contributed by atoms with Crippen LogP contribution in [0.5, 0.6) is 5.75 Å². The highest BCUT2D eigenvalue weighted by Gasteiger charge is 2.10. The van der Waals surface area contributed by atoms with Crippen LogP contribution in [0.15, 0.2) is 16.6 Å². The van der Waals surface area contributed by atoms with Crippen molar-refractivity contribution in [1.82, 2.24) is 0 Å². The first-order valence-corrected chi connectivity index (χ1v) is 4.15. The first-order chi connectivity index (χ1) is 6.15. The molecule has 1 aromatic rings. The summed E-state index contributed by atoms with van der Waals surface area (Å²) in [6.45, 7) is -0.299. The summed E-state index contributed by atoms with van der Waals surface area (Å²) in [6, 6.07) is 2.23. The number of benzene rings is 1. The van der Waals surface area contributed by atoms with Gasteiger partial charge in [0.25, 0.3) is 0 Å². The minimum absolute atomic E-state index is 0.279. The van der Waals surface area contributed by atoms with Gasteiger partial charge in [0, 0.05) is 4.47 Å². The summed E-state index contributed by atoms with van der Waals surface area (Å²) < 4.78 is 30.6. The maximum absolute atomic E-state index is 12.9. The molecule has 0 radical (unpaired) electrons. The third kappa shape index (κ3) is 2.48. The SMILES string of the molecule is O=CCOc1cc(Br)cc(F)c1F. The van der Waals surface area contributed by atoms with Gasteiger partial charge in [-0.15, -0.1) is 0 Å². The van der Waals surface area contributed by atoms with Gasteiger partial charge in [0.05, 0.1) is 0 Å². The Labute approximate surface area is 81.6 Å². The molecule has 0 fully saturated rings. The molecule has 0 aliphatic carbocycles. The number of halogens is 3. The second-order valence-electron chi connectivity index (χ2n) is 2.18. The molecule has 0 N–H and O–H groups in total. The van der Waals surface area contributed by atoms with Gasteiger partial charge in [-0.1, -0.05) is 15.9 Å². The molecule has 0 amide bonds. The minimum Gasteiger partial charge on any atom is -0.483 e. The summed E-state index contributed by atoms with van der Waals surface area (Å²) in [4.78, 5) is 9.91. The summed E-state index contributed by atoms with van der Waals surface area (Å²) in [7, 11) is 0. The van der Waals surface area contributed by atoms with E-state index in [1.165, 1.54) is 6.07 Å². The van der Waals surface area contributed by atoms with Crippen molar-refractivity contribution in [2.24, 2.45) is 0 Å². The van der Waals surface area contributed by atoms with Crippen LogP contribution in [0.25, 0.3) is 0 Å². The van der Waals surface area contributed by atoms with Crippen LogP contribution in [0.3, 0.4) is 0 Å². The number of ether oxygens (including phenoxy) is 1. The van der Waals surface area contributed by atoms with Crippen LogP contribution < -0.4 is 4.74 Å². The molecule has 0 spiro atoms. The largest absolute Gasteiger partial charge is 0.483 e. The smallest absolute Gasteiger partial charge is 0.200 e. The lowest BCUT2D eigenvalue weighted by atomic mass is 10.3. The van der Waals surface area contributed by atoms with Crippen LogP contribution in [-0.2, 0) is 4.79 Å².